The molecule has 0 fully saturated rings. The van der Waals surface area contributed by atoms with Crippen molar-refractivity contribution in [1.29, 1.82) is 0 Å². The van der Waals surface area contributed by atoms with E-state index < -0.39 is 10.9 Å². The van der Waals surface area contributed by atoms with Crippen LogP contribution in [0, 0.1) is 16.2 Å². The van der Waals surface area contributed by atoms with Crippen LogP contribution in [-0.4, -0.2) is 21.9 Å². The highest BCUT2D eigenvalue weighted by Crippen LogP contribution is 2.24. The number of thioether (sulfide) groups is 1. The van der Waals surface area contributed by atoms with Crippen molar-refractivity contribution in [2.24, 2.45) is 0 Å². The van der Waals surface area contributed by atoms with Crippen molar-refractivity contribution in [3.63, 3.8) is 0 Å². The van der Waals surface area contributed by atoms with E-state index in [1.165, 1.54) is 22.9 Å². The molecule has 0 aliphatic carbocycles. The molecule has 0 saturated heterocycles. The van der Waals surface area contributed by atoms with Gasteiger partial charge in [0.25, 0.3) is 5.03 Å². The first-order chi connectivity index (χ1) is 13.0. The lowest BCUT2D eigenvalue weighted by Gasteiger charge is -2.09. The number of para-hydroxylation sites is 1. The molecule has 0 saturated carbocycles. The molecule has 0 radical (unpaired) electrons. The molecule has 1 N–H and O–H groups in total. The van der Waals surface area contributed by atoms with Gasteiger partial charge in [0.05, 0.1) is 5.27 Å². The number of aromatic nitrogens is 2. The number of non-ortho nitro benzene ring substituents is 1. The molecule has 9 nitrogen and oxygen atoms in total. The van der Waals surface area contributed by atoms with Crippen molar-refractivity contribution >= 4 is 29.0 Å². The monoisotopic (exact) mass is 385 g/mol. The summed E-state index contributed by atoms with van der Waals surface area (Å²) in [6, 6.07) is 15.5. The molecule has 138 valence electrons. The summed E-state index contributed by atoms with van der Waals surface area (Å²) in [5.41, 5.74) is 0.907. The van der Waals surface area contributed by atoms with Gasteiger partial charge >= 0.3 is 0 Å². The lowest BCUT2D eigenvalue weighted by molar-refractivity contribution is -0.705. The number of nitrogens with one attached hydrogen (secondary N) is 1. The van der Waals surface area contributed by atoms with E-state index in [9.17, 15) is 20.0 Å². The molecule has 1 heterocycles. The van der Waals surface area contributed by atoms with E-state index in [1.807, 2.05) is 18.2 Å². The minimum atomic E-state index is -0.576. The van der Waals surface area contributed by atoms with Gasteiger partial charge in [0.1, 0.15) is 0 Å². The minimum Gasteiger partial charge on any atom is -0.538 e. The van der Waals surface area contributed by atoms with E-state index >= 15 is 0 Å². The number of hydrogen-bond donors (Lipinski definition) is 1. The summed E-state index contributed by atoms with van der Waals surface area (Å²) < 4.78 is 6.09. The van der Waals surface area contributed by atoms with E-state index in [0.29, 0.717) is 17.1 Å². The van der Waals surface area contributed by atoms with Crippen LogP contribution >= 0.6 is 11.8 Å². The molecule has 27 heavy (non-hydrogen) atoms. The molecule has 1 aromatic heterocycles. The second kappa shape index (κ2) is 8.32. The zero-order valence-corrected chi connectivity index (χ0v) is 14.6. The summed E-state index contributed by atoms with van der Waals surface area (Å²) in [6.45, 7) is 0. The second-order valence-corrected chi connectivity index (χ2v) is 6.36. The summed E-state index contributed by atoms with van der Waals surface area (Å²) in [4.78, 5) is 22.1. The smallest absolute Gasteiger partial charge is 0.297 e. The molecule has 3 rings (SSSR count). The molecular weight excluding hydrogens is 372 g/mol. The number of hydrogen-bond acceptors (Lipinski definition) is 7. The molecule has 0 bridgehead atoms. The van der Waals surface area contributed by atoms with Crippen molar-refractivity contribution in [1.82, 2.24) is 5.27 Å². The number of anilines is 1. The molecule has 0 spiro atoms. The number of rotatable bonds is 7. The predicted octanol–water partition coefficient (Wildman–Crippen LogP) is 1.85. The minimum absolute atomic E-state index is 0.107. The van der Waals surface area contributed by atoms with Crippen LogP contribution < -0.4 is 15.1 Å². The summed E-state index contributed by atoms with van der Waals surface area (Å²) in [6.07, 6.45) is 0.120. The third kappa shape index (κ3) is 4.61. The number of carbonyl (C=O) groups is 1. The quantitative estimate of drug-likeness (QED) is 0.216. The number of carbonyl (C=O) groups excluding carboxylic acids is 1. The van der Waals surface area contributed by atoms with Gasteiger partial charge in [-0.1, -0.05) is 47.8 Å². The van der Waals surface area contributed by atoms with Gasteiger partial charge in [-0.15, -0.1) is 6.07 Å². The van der Waals surface area contributed by atoms with Gasteiger partial charge in [-0.25, -0.2) is 0 Å². The Balaban J connectivity index is 1.56. The van der Waals surface area contributed by atoms with Crippen LogP contribution in [0.4, 0.5) is 11.4 Å². The number of nitrogens with zero attached hydrogens (tertiary/aromatic N) is 3. The Morgan fingerprint density at radius 1 is 1.30 bits per heavy atom. The van der Waals surface area contributed by atoms with Gasteiger partial charge in [0.2, 0.25) is 11.6 Å². The van der Waals surface area contributed by atoms with Crippen LogP contribution in [0.1, 0.15) is 6.42 Å². The molecule has 3 aromatic rings. The number of nitro groups is 1. The van der Waals surface area contributed by atoms with E-state index in [2.05, 4.69) is 16.7 Å². The molecular formula is C17H13N4O5S-. The van der Waals surface area contributed by atoms with Crippen molar-refractivity contribution in [3.05, 3.63) is 64.7 Å². The Labute approximate surface area is 157 Å². The third-order valence-electron chi connectivity index (χ3n) is 3.42. The van der Waals surface area contributed by atoms with Gasteiger partial charge in [-0.2, -0.15) is 6.07 Å². The highest BCUT2D eigenvalue weighted by molar-refractivity contribution is 7.99. The van der Waals surface area contributed by atoms with Gasteiger partial charge in [-0.05, 0) is 4.68 Å². The average Bonchev–Trinajstić information content (AvgIpc) is 3.03. The summed E-state index contributed by atoms with van der Waals surface area (Å²) in [5, 5.41) is 29.0. The normalized spacial score (nSPS) is 10.5. The maximum Gasteiger partial charge on any atom is 0.297 e. The van der Waals surface area contributed by atoms with Crippen LogP contribution in [0.25, 0.3) is 5.69 Å². The van der Waals surface area contributed by atoms with Crippen molar-refractivity contribution < 1.29 is 24.0 Å². The Bertz CT molecular complexity index is 944. The van der Waals surface area contributed by atoms with Gasteiger partial charge < -0.3 is 14.9 Å². The summed E-state index contributed by atoms with van der Waals surface area (Å²) in [7, 11) is 0. The maximum absolute atomic E-state index is 12.0. The van der Waals surface area contributed by atoms with Crippen LogP contribution in [-0.2, 0) is 4.79 Å². The topological polar surface area (TPSA) is 125 Å². The van der Waals surface area contributed by atoms with Crippen LogP contribution in [0.15, 0.2) is 58.1 Å². The molecule has 0 unspecified atom stereocenters. The number of nitro benzene ring substituents is 1. The van der Waals surface area contributed by atoms with Crippen LogP contribution in [0.2, 0.25) is 0 Å². The highest BCUT2D eigenvalue weighted by Gasteiger charge is 2.20. The lowest BCUT2D eigenvalue weighted by Crippen LogP contribution is -2.34. The van der Waals surface area contributed by atoms with E-state index in [-0.39, 0.29) is 23.0 Å². The van der Waals surface area contributed by atoms with Crippen molar-refractivity contribution in [2.45, 2.75) is 11.4 Å². The zero-order chi connectivity index (χ0) is 19.2. The van der Waals surface area contributed by atoms with Gasteiger partial charge in [-0.3, -0.25) is 14.9 Å². The molecule has 10 heteroatoms. The fourth-order valence-electron chi connectivity index (χ4n) is 2.16. The average molecular weight is 385 g/mol. The molecule has 2 aromatic carbocycles. The molecule has 1 amide bonds. The number of benzene rings is 2. The van der Waals surface area contributed by atoms with Crippen molar-refractivity contribution in [3.8, 4) is 11.6 Å². The fraction of sp³-hybridized carbons (Fsp3) is 0.118. The highest BCUT2D eigenvalue weighted by atomic mass is 32.2. The first kappa shape index (κ1) is 18.4. The van der Waals surface area contributed by atoms with Crippen LogP contribution in [0.3, 0.4) is 0 Å². The van der Waals surface area contributed by atoms with E-state index in [0.717, 1.165) is 11.8 Å². The Morgan fingerprint density at radius 3 is 2.74 bits per heavy atom. The molecule has 0 aliphatic heterocycles. The summed E-state index contributed by atoms with van der Waals surface area (Å²) >= 11 is 1.15. The van der Waals surface area contributed by atoms with Crippen LogP contribution in [0.5, 0.6) is 5.95 Å². The van der Waals surface area contributed by atoms with Gasteiger partial charge in [0.15, 0.2) is 11.6 Å². The predicted molar refractivity (Wildman–Crippen MR) is 93.4 cm³/mol. The summed E-state index contributed by atoms with van der Waals surface area (Å²) in [5.74, 6) is -0.557. The Morgan fingerprint density at radius 2 is 2.07 bits per heavy atom. The standard InChI is InChI=1S/C17H14N4O5S/c22-15(18-12-6-8-14(9-7-12)21(24)25)10-11-27-16-17(23)26-19-20(16)13-4-2-1-3-5-13/h1-6,8-9,23H,10-11H2,(H,18,22)/p-1. The zero-order valence-electron chi connectivity index (χ0n) is 13.8. The Kier molecular flexibility index (Phi) is 5.67. The first-order valence-corrected chi connectivity index (χ1v) is 8.76. The third-order valence-corrected chi connectivity index (χ3v) is 4.44. The van der Waals surface area contributed by atoms with E-state index in [4.69, 9.17) is 4.52 Å². The largest absolute Gasteiger partial charge is 0.538 e. The number of amides is 1. The van der Waals surface area contributed by atoms with E-state index in [1.54, 1.807) is 12.1 Å². The SMILES string of the molecule is O=C(CCSc1c([O-])on[n+]1-c1ccccc1)Nc1[c-]cc([N+](=O)[O-])cc1. The van der Waals surface area contributed by atoms with Gasteiger partial charge in [0, 0.05) is 29.2 Å². The first-order valence-electron chi connectivity index (χ1n) is 7.78. The second-order valence-electron chi connectivity index (χ2n) is 5.28. The lowest BCUT2D eigenvalue weighted by atomic mass is 10.3. The fourth-order valence-corrected chi connectivity index (χ4v) is 3.05. The maximum atomic E-state index is 12.0. The molecule has 0 aliphatic rings. The van der Waals surface area contributed by atoms with Crippen molar-refractivity contribution in [2.75, 3.05) is 11.1 Å². The molecule has 0 atom stereocenters. The Hall–Kier alpha value is -3.40.